The molecule has 0 saturated heterocycles. The molecule has 0 radical (unpaired) electrons. The molecule has 0 fully saturated rings. The monoisotopic (exact) mass is 254 g/mol. The third-order valence-corrected chi connectivity index (χ3v) is 2.62. The van der Waals surface area contributed by atoms with Gasteiger partial charge in [-0.05, 0) is 24.3 Å². The molecule has 0 atom stereocenters. The zero-order valence-corrected chi connectivity index (χ0v) is 9.57. The molecular formula is C11H8ClFN2O2. The molecule has 1 N–H and O–H groups in total. The first-order chi connectivity index (χ1) is 8.00. The summed E-state index contributed by atoms with van der Waals surface area (Å²) in [6.07, 6.45) is 0. The van der Waals surface area contributed by atoms with Crippen LogP contribution in [-0.4, -0.2) is 20.6 Å². The summed E-state index contributed by atoms with van der Waals surface area (Å²) in [4.78, 5) is 14.9. The van der Waals surface area contributed by atoms with Gasteiger partial charge < -0.3 is 9.67 Å². The van der Waals surface area contributed by atoms with Gasteiger partial charge in [0.1, 0.15) is 11.6 Å². The van der Waals surface area contributed by atoms with E-state index in [1.165, 1.54) is 28.8 Å². The fourth-order valence-electron chi connectivity index (χ4n) is 1.55. The average molecular weight is 255 g/mol. The van der Waals surface area contributed by atoms with Crippen LogP contribution in [-0.2, 0) is 7.05 Å². The van der Waals surface area contributed by atoms with Crippen molar-refractivity contribution in [2.24, 2.45) is 7.05 Å². The van der Waals surface area contributed by atoms with Gasteiger partial charge in [0.2, 0.25) is 0 Å². The van der Waals surface area contributed by atoms with Crippen LogP contribution in [0.5, 0.6) is 0 Å². The van der Waals surface area contributed by atoms with E-state index < -0.39 is 5.97 Å². The number of hydrogen-bond donors (Lipinski definition) is 1. The summed E-state index contributed by atoms with van der Waals surface area (Å²) < 4.78 is 14.1. The minimum atomic E-state index is -1.15. The van der Waals surface area contributed by atoms with Gasteiger partial charge in [-0.15, -0.1) is 0 Å². The number of carbonyl (C=O) groups is 1. The van der Waals surface area contributed by atoms with Crippen molar-refractivity contribution < 1.29 is 14.3 Å². The predicted molar refractivity (Wildman–Crippen MR) is 60.6 cm³/mol. The quantitative estimate of drug-likeness (QED) is 0.896. The Morgan fingerprint density at radius 2 is 2.00 bits per heavy atom. The number of aromatic nitrogens is 2. The minimum absolute atomic E-state index is 0.0840. The summed E-state index contributed by atoms with van der Waals surface area (Å²) in [6.45, 7) is 0. The van der Waals surface area contributed by atoms with Crippen LogP contribution in [0.15, 0.2) is 24.3 Å². The largest absolute Gasteiger partial charge is 0.476 e. The Kier molecular flexibility index (Phi) is 2.85. The normalized spacial score (nSPS) is 10.5. The molecule has 1 heterocycles. The lowest BCUT2D eigenvalue weighted by molar-refractivity contribution is 0.0687. The highest BCUT2D eigenvalue weighted by molar-refractivity contribution is 6.32. The highest BCUT2D eigenvalue weighted by Gasteiger charge is 2.19. The van der Waals surface area contributed by atoms with Gasteiger partial charge in [0.15, 0.2) is 10.8 Å². The molecule has 0 unspecified atom stereocenters. The van der Waals surface area contributed by atoms with Crippen LogP contribution in [0, 0.1) is 5.82 Å². The Labute approximate surface area is 101 Å². The number of rotatable bonds is 2. The van der Waals surface area contributed by atoms with Crippen molar-refractivity contribution >= 4 is 17.6 Å². The van der Waals surface area contributed by atoms with Gasteiger partial charge in [0.25, 0.3) is 0 Å². The molecule has 6 heteroatoms. The van der Waals surface area contributed by atoms with E-state index in [2.05, 4.69) is 4.98 Å². The minimum Gasteiger partial charge on any atom is -0.476 e. The molecule has 17 heavy (non-hydrogen) atoms. The molecule has 2 rings (SSSR count). The summed E-state index contributed by atoms with van der Waals surface area (Å²) in [5.41, 5.74) is 0.509. The number of halogens is 2. The SMILES string of the molecule is Cn1c(-c2ccc(F)cc2)nc(Cl)c1C(=O)O. The van der Waals surface area contributed by atoms with Crippen LogP contribution in [0.4, 0.5) is 4.39 Å². The van der Waals surface area contributed by atoms with E-state index in [1.54, 1.807) is 7.05 Å². The van der Waals surface area contributed by atoms with Crippen LogP contribution >= 0.6 is 11.6 Å². The number of carboxylic acid groups (broad SMARTS) is 1. The van der Waals surface area contributed by atoms with Crippen LogP contribution in [0.1, 0.15) is 10.5 Å². The average Bonchev–Trinajstić information content (AvgIpc) is 2.55. The van der Waals surface area contributed by atoms with E-state index in [9.17, 15) is 9.18 Å². The van der Waals surface area contributed by atoms with Crippen molar-refractivity contribution in [1.29, 1.82) is 0 Å². The Morgan fingerprint density at radius 1 is 1.41 bits per heavy atom. The molecule has 0 saturated carbocycles. The Bertz CT molecular complexity index is 578. The first kappa shape index (κ1) is 11.6. The fraction of sp³-hybridized carbons (Fsp3) is 0.0909. The lowest BCUT2D eigenvalue weighted by Gasteiger charge is -2.02. The fourth-order valence-corrected chi connectivity index (χ4v) is 1.84. The van der Waals surface area contributed by atoms with Crippen LogP contribution in [0.3, 0.4) is 0 Å². The van der Waals surface area contributed by atoms with Gasteiger partial charge in [0.05, 0.1) is 0 Å². The van der Waals surface area contributed by atoms with Crippen molar-refractivity contribution in [3.8, 4) is 11.4 Å². The molecule has 0 aliphatic rings. The molecular weight excluding hydrogens is 247 g/mol. The van der Waals surface area contributed by atoms with Gasteiger partial charge in [-0.2, -0.15) is 0 Å². The summed E-state index contributed by atoms with van der Waals surface area (Å²) in [5, 5.41) is 8.86. The van der Waals surface area contributed by atoms with Crippen molar-refractivity contribution in [2.75, 3.05) is 0 Å². The summed E-state index contributed by atoms with van der Waals surface area (Å²) >= 11 is 5.74. The van der Waals surface area contributed by atoms with Crippen molar-refractivity contribution in [2.45, 2.75) is 0 Å². The second-order valence-electron chi connectivity index (χ2n) is 3.45. The highest BCUT2D eigenvalue weighted by atomic mass is 35.5. The number of aromatic carboxylic acids is 1. The van der Waals surface area contributed by atoms with Crippen LogP contribution in [0.25, 0.3) is 11.4 Å². The van der Waals surface area contributed by atoms with Crippen LogP contribution < -0.4 is 0 Å². The lowest BCUT2D eigenvalue weighted by atomic mass is 10.2. The summed E-state index contributed by atoms with van der Waals surface area (Å²) in [7, 11) is 1.54. The molecule has 0 bridgehead atoms. The van der Waals surface area contributed by atoms with Crippen molar-refractivity contribution in [3.63, 3.8) is 0 Å². The molecule has 0 amide bonds. The second-order valence-corrected chi connectivity index (χ2v) is 3.80. The van der Waals surface area contributed by atoms with Gasteiger partial charge in [-0.3, -0.25) is 0 Å². The van der Waals surface area contributed by atoms with Crippen molar-refractivity contribution in [3.05, 3.63) is 40.9 Å². The third kappa shape index (κ3) is 2.01. The number of imidazole rings is 1. The summed E-state index contributed by atoms with van der Waals surface area (Å²) in [6, 6.07) is 5.58. The van der Waals surface area contributed by atoms with Gasteiger partial charge in [0, 0.05) is 12.6 Å². The van der Waals surface area contributed by atoms with E-state index in [-0.39, 0.29) is 16.7 Å². The second kappa shape index (κ2) is 4.18. The van der Waals surface area contributed by atoms with E-state index in [0.717, 1.165) is 0 Å². The molecule has 0 spiro atoms. The first-order valence-electron chi connectivity index (χ1n) is 4.72. The smallest absolute Gasteiger partial charge is 0.355 e. The third-order valence-electron chi connectivity index (χ3n) is 2.36. The maximum Gasteiger partial charge on any atom is 0.355 e. The zero-order valence-electron chi connectivity index (χ0n) is 8.82. The maximum absolute atomic E-state index is 12.8. The van der Waals surface area contributed by atoms with E-state index >= 15 is 0 Å². The summed E-state index contributed by atoms with van der Waals surface area (Å²) in [5.74, 6) is -1.14. The lowest BCUT2D eigenvalue weighted by Crippen LogP contribution is -2.05. The standard InChI is InChI=1S/C11H8ClFN2O2/c1-15-8(11(16)17)9(12)14-10(15)6-2-4-7(13)5-3-6/h2-5H,1H3,(H,16,17). The molecule has 1 aromatic heterocycles. The highest BCUT2D eigenvalue weighted by Crippen LogP contribution is 2.24. The van der Waals surface area contributed by atoms with Gasteiger partial charge in [-0.1, -0.05) is 11.6 Å². The Balaban J connectivity index is 2.57. The van der Waals surface area contributed by atoms with E-state index in [4.69, 9.17) is 16.7 Å². The predicted octanol–water partition coefficient (Wildman–Crippen LogP) is 2.58. The topological polar surface area (TPSA) is 55.1 Å². The number of hydrogen-bond acceptors (Lipinski definition) is 2. The molecule has 4 nitrogen and oxygen atoms in total. The Hall–Kier alpha value is -1.88. The van der Waals surface area contributed by atoms with Crippen LogP contribution in [0.2, 0.25) is 5.15 Å². The molecule has 0 aliphatic carbocycles. The van der Waals surface area contributed by atoms with E-state index in [0.29, 0.717) is 11.4 Å². The molecule has 0 aliphatic heterocycles. The molecule has 2 aromatic rings. The van der Waals surface area contributed by atoms with Gasteiger partial charge in [-0.25, -0.2) is 14.2 Å². The maximum atomic E-state index is 12.8. The molecule has 88 valence electrons. The molecule has 1 aromatic carbocycles. The number of carboxylic acids is 1. The van der Waals surface area contributed by atoms with Gasteiger partial charge >= 0.3 is 5.97 Å². The van der Waals surface area contributed by atoms with Crippen molar-refractivity contribution in [1.82, 2.24) is 9.55 Å². The first-order valence-corrected chi connectivity index (χ1v) is 5.10. The van der Waals surface area contributed by atoms with E-state index in [1.807, 2.05) is 0 Å². The number of benzene rings is 1. The Morgan fingerprint density at radius 3 is 2.47 bits per heavy atom. The number of nitrogens with zero attached hydrogens (tertiary/aromatic N) is 2. The zero-order chi connectivity index (χ0) is 12.6.